The zero-order valence-electron chi connectivity index (χ0n) is 17.0. The van der Waals surface area contributed by atoms with Gasteiger partial charge in [0.1, 0.15) is 5.75 Å². The van der Waals surface area contributed by atoms with E-state index in [1.54, 1.807) is 14.2 Å². The second-order valence-electron chi connectivity index (χ2n) is 7.42. The number of nitrogens with zero attached hydrogens (tertiary/aromatic N) is 2. The van der Waals surface area contributed by atoms with Gasteiger partial charge in [0.15, 0.2) is 11.5 Å². The van der Waals surface area contributed by atoms with Crippen LogP contribution in [0.2, 0.25) is 5.02 Å². The number of ether oxygens (including phenoxy) is 3. The van der Waals surface area contributed by atoms with Gasteiger partial charge in [-0.2, -0.15) is 5.10 Å². The minimum atomic E-state index is -0.366. The Morgan fingerprint density at radius 3 is 2.65 bits per heavy atom. The van der Waals surface area contributed by atoms with Crippen LogP contribution < -0.4 is 14.2 Å². The predicted molar refractivity (Wildman–Crippen MR) is 124 cm³/mol. The molecule has 0 fully saturated rings. The van der Waals surface area contributed by atoms with Crippen LogP contribution in [0, 0.1) is 0 Å². The molecule has 5 rings (SSSR count). The number of methoxy groups -OCH3 is 2. The SMILES string of the molecule is COc1ccc(C2=NN3[C@@H](c4cccc(Cl)c4)Oc4ccc(Br)cc4[C@@H]3C2)cc1OC. The molecule has 0 aliphatic carbocycles. The van der Waals surface area contributed by atoms with E-state index in [1.807, 2.05) is 59.6 Å². The van der Waals surface area contributed by atoms with Gasteiger partial charge >= 0.3 is 0 Å². The fourth-order valence-corrected chi connectivity index (χ4v) is 4.71. The van der Waals surface area contributed by atoms with E-state index in [0.717, 1.165) is 39.0 Å². The summed E-state index contributed by atoms with van der Waals surface area (Å²) in [6.07, 6.45) is 0.384. The topological polar surface area (TPSA) is 43.3 Å². The van der Waals surface area contributed by atoms with Crippen molar-refractivity contribution in [2.75, 3.05) is 14.2 Å². The summed E-state index contributed by atoms with van der Waals surface area (Å²) in [7, 11) is 3.27. The molecule has 3 aromatic carbocycles. The first-order chi connectivity index (χ1) is 15.1. The normalized spacial score (nSPS) is 19.2. The molecule has 158 valence electrons. The van der Waals surface area contributed by atoms with E-state index in [9.17, 15) is 0 Å². The monoisotopic (exact) mass is 498 g/mol. The Morgan fingerprint density at radius 1 is 1.03 bits per heavy atom. The van der Waals surface area contributed by atoms with E-state index in [-0.39, 0.29) is 12.3 Å². The van der Waals surface area contributed by atoms with Crippen LogP contribution >= 0.6 is 27.5 Å². The van der Waals surface area contributed by atoms with E-state index < -0.39 is 0 Å². The van der Waals surface area contributed by atoms with Crippen LogP contribution in [0.1, 0.15) is 35.4 Å². The molecule has 2 atom stereocenters. The van der Waals surface area contributed by atoms with Crippen molar-refractivity contribution in [3.05, 3.63) is 86.8 Å². The quantitative estimate of drug-likeness (QED) is 0.419. The number of fused-ring (bicyclic) bond motifs is 3. The molecule has 31 heavy (non-hydrogen) atoms. The Morgan fingerprint density at radius 2 is 1.87 bits per heavy atom. The molecule has 0 N–H and O–H groups in total. The third-order valence-electron chi connectivity index (χ3n) is 5.60. The Balaban J connectivity index is 1.59. The third kappa shape index (κ3) is 3.64. The summed E-state index contributed by atoms with van der Waals surface area (Å²) in [5.74, 6) is 2.23. The van der Waals surface area contributed by atoms with Crippen molar-refractivity contribution >= 4 is 33.2 Å². The van der Waals surface area contributed by atoms with E-state index in [2.05, 4.69) is 22.0 Å². The third-order valence-corrected chi connectivity index (χ3v) is 6.33. The molecule has 0 radical (unpaired) electrons. The zero-order chi connectivity index (χ0) is 21.5. The summed E-state index contributed by atoms with van der Waals surface area (Å²) in [5.41, 5.74) is 4.03. The molecule has 0 saturated heterocycles. The Hall–Kier alpha value is -2.70. The van der Waals surface area contributed by atoms with Gasteiger partial charge in [0.05, 0.1) is 26.0 Å². The van der Waals surface area contributed by atoms with E-state index in [4.69, 9.17) is 30.9 Å². The highest BCUT2D eigenvalue weighted by Gasteiger charge is 2.41. The summed E-state index contributed by atoms with van der Waals surface area (Å²) in [5, 5.41) is 7.70. The second kappa shape index (κ2) is 8.09. The minimum Gasteiger partial charge on any atom is -0.493 e. The van der Waals surface area contributed by atoms with Crippen LogP contribution in [0.15, 0.2) is 70.2 Å². The van der Waals surface area contributed by atoms with Gasteiger partial charge in [-0.1, -0.05) is 39.7 Å². The number of halogens is 2. The number of hydrazone groups is 1. The molecule has 7 heteroatoms. The van der Waals surface area contributed by atoms with Crippen molar-refractivity contribution < 1.29 is 14.2 Å². The van der Waals surface area contributed by atoms with Gasteiger partial charge in [0.25, 0.3) is 0 Å². The van der Waals surface area contributed by atoms with Crippen LogP contribution in [0.25, 0.3) is 0 Å². The molecular weight excluding hydrogens is 480 g/mol. The van der Waals surface area contributed by atoms with Gasteiger partial charge in [-0.05, 0) is 48.5 Å². The highest BCUT2D eigenvalue weighted by atomic mass is 79.9. The van der Waals surface area contributed by atoms with Gasteiger partial charge in [-0.3, -0.25) is 0 Å². The van der Waals surface area contributed by atoms with Crippen molar-refractivity contribution in [1.82, 2.24) is 5.01 Å². The molecule has 2 heterocycles. The molecule has 5 nitrogen and oxygen atoms in total. The van der Waals surface area contributed by atoms with Gasteiger partial charge in [0, 0.05) is 32.6 Å². The van der Waals surface area contributed by atoms with Gasteiger partial charge in [-0.25, -0.2) is 5.01 Å². The Labute approximate surface area is 194 Å². The predicted octanol–water partition coefficient (Wildman–Crippen LogP) is 6.36. The number of hydrogen-bond donors (Lipinski definition) is 0. The first kappa shape index (κ1) is 20.2. The zero-order valence-corrected chi connectivity index (χ0v) is 19.4. The Kier molecular flexibility index (Phi) is 5.28. The van der Waals surface area contributed by atoms with Crippen molar-refractivity contribution in [2.24, 2.45) is 5.10 Å². The fraction of sp³-hybridized carbons (Fsp3) is 0.208. The molecule has 0 saturated carbocycles. The molecular formula is C24H20BrClN2O3. The summed E-state index contributed by atoms with van der Waals surface area (Å²) in [6.45, 7) is 0. The summed E-state index contributed by atoms with van der Waals surface area (Å²) in [4.78, 5) is 0. The number of benzene rings is 3. The molecule has 0 aromatic heterocycles. The lowest BCUT2D eigenvalue weighted by atomic mass is 9.96. The lowest BCUT2D eigenvalue weighted by molar-refractivity contribution is -0.0190. The number of hydrogen-bond acceptors (Lipinski definition) is 5. The van der Waals surface area contributed by atoms with Crippen molar-refractivity contribution in [3.8, 4) is 17.2 Å². The number of rotatable bonds is 4. The highest BCUT2D eigenvalue weighted by molar-refractivity contribution is 9.10. The van der Waals surface area contributed by atoms with E-state index in [0.29, 0.717) is 16.5 Å². The summed E-state index contributed by atoms with van der Waals surface area (Å²) in [6, 6.07) is 19.8. The van der Waals surface area contributed by atoms with Crippen molar-refractivity contribution in [3.63, 3.8) is 0 Å². The lowest BCUT2D eigenvalue weighted by Crippen LogP contribution is -2.33. The maximum Gasteiger partial charge on any atom is 0.213 e. The first-order valence-corrected chi connectivity index (χ1v) is 11.0. The van der Waals surface area contributed by atoms with Crippen molar-refractivity contribution in [1.29, 1.82) is 0 Å². The second-order valence-corrected chi connectivity index (χ2v) is 8.78. The molecule has 2 aliphatic heterocycles. The average Bonchev–Trinajstić information content (AvgIpc) is 3.24. The largest absolute Gasteiger partial charge is 0.493 e. The van der Waals surface area contributed by atoms with Gasteiger partial charge < -0.3 is 14.2 Å². The lowest BCUT2D eigenvalue weighted by Gasteiger charge is -2.38. The maximum atomic E-state index is 6.40. The van der Waals surface area contributed by atoms with Gasteiger partial charge in [-0.15, -0.1) is 0 Å². The fourth-order valence-electron chi connectivity index (χ4n) is 4.13. The maximum absolute atomic E-state index is 6.40. The van der Waals surface area contributed by atoms with Crippen LogP contribution in [0.4, 0.5) is 0 Å². The van der Waals surface area contributed by atoms with Crippen LogP contribution in [-0.4, -0.2) is 24.9 Å². The molecule has 0 bridgehead atoms. The van der Waals surface area contributed by atoms with Crippen LogP contribution in [-0.2, 0) is 0 Å². The Bertz CT molecular complexity index is 1180. The van der Waals surface area contributed by atoms with Crippen LogP contribution in [0.5, 0.6) is 17.2 Å². The molecule has 0 unspecified atom stereocenters. The summed E-state index contributed by atoms with van der Waals surface area (Å²) >= 11 is 9.87. The summed E-state index contributed by atoms with van der Waals surface area (Å²) < 4.78 is 18.3. The standard InChI is InChI=1S/C24H20BrClN2O3/c1-29-22-8-6-14(11-23(22)30-2)19-13-20-18-12-16(25)7-9-21(18)31-24(28(20)27-19)15-4-3-5-17(26)10-15/h3-12,20,24H,13H2,1-2H3/t20-,24+/m0/s1. The highest BCUT2D eigenvalue weighted by Crippen LogP contribution is 2.48. The molecule has 2 aliphatic rings. The smallest absolute Gasteiger partial charge is 0.213 e. The molecule has 0 amide bonds. The molecule has 0 spiro atoms. The van der Waals surface area contributed by atoms with E-state index >= 15 is 0 Å². The average molecular weight is 500 g/mol. The first-order valence-electron chi connectivity index (χ1n) is 9.87. The van der Waals surface area contributed by atoms with E-state index in [1.165, 1.54) is 0 Å². The van der Waals surface area contributed by atoms with Crippen molar-refractivity contribution in [2.45, 2.75) is 18.7 Å². The van der Waals surface area contributed by atoms with Crippen LogP contribution in [0.3, 0.4) is 0 Å². The minimum absolute atomic E-state index is 0.0494. The molecule has 3 aromatic rings. The van der Waals surface area contributed by atoms with Gasteiger partial charge in [0.2, 0.25) is 6.23 Å².